The van der Waals surface area contributed by atoms with Gasteiger partial charge in [0.2, 0.25) is 0 Å². The number of rotatable bonds is 2. The van der Waals surface area contributed by atoms with Crippen molar-refractivity contribution < 1.29 is 4.92 Å². The molecule has 2 rings (SSSR count). The highest BCUT2D eigenvalue weighted by molar-refractivity contribution is 14.1. The smallest absolute Gasteiger partial charge is 0.358 e. The minimum atomic E-state index is -0.454. The third-order valence-electron chi connectivity index (χ3n) is 1.98. The Morgan fingerprint density at radius 3 is 2.71 bits per heavy atom. The van der Waals surface area contributed by atoms with Gasteiger partial charge in [-0.1, -0.05) is 0 Å². The molecule has 1 aromatic heterocycles. The monoisotopic (exact) mass is 330 g/mol. The number of nitrogens with one attached hydrogen (secondary N) is 1. The quantitative estimate of drug-likeness (QED) is 0.498. The summed E-state index contributed by atoms with van der Waals surface area (Å²) >= 11 is 1.92. The highest BCUT2D eigenvalue weighted by Crippen LogP contribution is 2.21. The van der Waals surface area contributed by atoms with Gasteiger partial charge >= 0.3 is 5.82 Å². The van der Waals surface area contributed by atoms with Gasteiger partial charge in [-0.15, -0.1) is 12.4 Å². The number of nitrogens with zero attached hydrogens (tertiary/aromatic N) is 3. The van der Waals surface area contributed by atoms with E-state index in [9.17, 15) is 10.1 Å². The predicted molar refractivity (Wildman–Crippen MR) is 60.8 cm³/mol. The third kappa shape index (κ3) is 1.98. The van der Waals surface area contributed by atoms with Gasteiger partial charge in [-0.3, -0.25) is 0 Å². The van der Waals surface area contributed by atoms with Gasteiger partial charge in [0.05, 0.1) is 17.3 Å². The van der Waals surface area contributed by atoms with Crippen LogP contribution in [0.25, 0.3) is 0 Å². The molecular formula is C6H8ClIN4O2. The molecule has 0 aromatic carbocycles. The second-order valence-electron chi connectivity index (χ2n) is 2.85. The van der Waals surface area contributed by atoms with Crippen LogP contribution in [-0.4, -0.2) is 27.8 Å². The molecule has 1 N–H and O–H groups in total. The highest BCUT2D eigenvalue weighted by Gasteiger charge is 2.26. The SMILES string of the molecule is Cl.O=[N+]([O-])c1nn(C2CNC2)cc1I. The fourth-order valence-electron chi connectivity index (χ4n) is 1.13. The van der Waals surface area contributed by atoms with Crippen LogP contribution in [-0.2, 0) is 0 Å². The van der Waals surface area contributed by atoms with E-state index in [1.165, 1.54) is 0 Å². The maximum Gasteiger partial charge on any atom is 0.403 e. The first kappa shape index (κ1) is 11.7. The van der Waals surface area contributed by atoms with Crippen molar-refractivity contribution >= 4 is 40.8 Å². The lowest BCUT2D eigenvalue weighted by molar-refractivity contribution is -0.390. The third-order valence-corrected chi connectivity index (χ3v) is 2.74. The summed E-state index contributed by atoms with van der Waals surface area (Å²) in [4.78, 5) is 10.0. The van der Waals surface area contributed by atoms with Gasteiger partial charge in [-0.25, -0.2) is 0 Å². The Morgan fingerprint density at radius 1 is 1.71 bits per heavy atom. The summed E-state index contributed by atoms with van der Waals surface area (Å²) in [6, 6.07) is 0.280. The molecular weight excluding hydrogens is 322 g/mol. The van der Waals surface area contributed by atoms with Gasteiger partial charge in [0.15, 0.2) is 0 Å². The molecule has 2 heterocycles. The summed E-state index contributed by atoms with van der Waals surface area (Å²) < 4.78 is 2.26. The van der Waals surface area contributed by atoms with E-state index >= 15 is 0 Å². The molecule has 0 aliphatic carbocycles. The Kier molecular flexibility index (Phi) is 3.67. The summed E-state index contributed by atoms with van der Waals surface area (Å²) in [7, 11) is 0. The lowest BCUT2D eigenvalue weighted by atomic mass is 10.2. The number of nitro groups is 1. The maximum absolute atomic E-state index is 10.5. The Balaban J connectivity index is 0.000000980. The molecule has 0 saturated carbocycles. The molecule has 0 atom stereocenters. The Bertz CT molecular complexity index is 352. The topological polar surface area (TPSA) is 73.0 Å². The van der Waals surface area contributed by atoms with Gasteiger partial charge in [0, 0.05) is 13.1 Å². The molecule has 1 aliphatic rings. The molecule has 1 fully saturated rings. The summed E-state index contributed by atoms with van der Waals surface area (Å²) in [6.07, 6.45) is 1.71. The van der Waals surface area contributed by atoms with Crippen LogP contribution in [0.2, 0.25) is 0 Å². The predicted octanol–water partition coefficient (Wildman–Crippen LogP) is 0.962. The van der Waals surface area contributed by atoms with Crippen LogP contribution < -0.4 is 5.32 Å². The molecule has 14 heavy (non-hydrogen) atoms. The Morgan fingerprint density at radius 2 is 2.36 bits per heavy atom. The first-order chi connectivity index (χ1) is 6.18. The number of halogens is 2. The van der Waals surface area contributed by atoms with Crippen molar-refractivity contribution in [2.24, 2.45) is 0 Å². The van der Waals surface area contributed by atoms with E-state index in [4.69, 9.17) is 0 Å². The summed E-state index contributed by atoms with van der Waals surface area (Å²) in [6.45, 7) is 1.68. The molecule has 0 amide bonds. The van der Waals surface area contributed by atoms with Crippen LogP contribution in [0.5, 0.6) is 0 Å². The van der Waals surface area contributed by atoms with Crippen LogP contribution in [0.3, 0.4) is 0 Å². The van der Waals surface area contributed by atoms with E-state index in [0.29, 0.717) is 3.57 Å². The number of hydrogen-bond acceptors (Lipinski definition) is 4. The average molecular weight is 331 g/mol. The first-order valence-corrected chi connectivity index (χ1v) is 4.86. The van der Waals surface area contributed by atoms with Crippen LogP contribution >= 0.6 is 35.0 Å². The van der Waals surface area contributed by atoms with Gasteiger partial charge < -0.3 is 15.4 Å². The number of hydrogen-bond donors (Lipinski definition) is 1. The van der Waals surface area contributed by atoms with Crippen molar-refractivity contribution in [2.45, 2.75) is 6.04 Å². The standard InChI is InChI=1S/C6H7IN4O2.ClH/c7-5-3-10(4-1-8-2-4)9-6(5)11(12)13;/h3-4,8H,1-2H2;1H. The summed E-state index contributed by atoms with van der Waals surface area (Å²) in [5.41, 5.74) is 0. The first-order valence-electron chi connectivity index (χ1n) is 3.78. The van der Waals surface area contributed by atoms with Crippen molar-refractivity contribution in [3.8, 4) is 0 Å². The van der Waals surface area contributed by atoms with Crippen molar-refractivity contribution in [1.82, 2.24) is 15.1 Å². The van der Waals surface area contributed by atoms with E-state index in [-0.39, 0.29) is 24.3 Å². The van der Waals surface area contributed by atoms with Crippen LogP contribution in [0.15, 0.2) is 6.20 Å². The minimum absolute atomic E-state index is 0. The summed E-state index contributed by atoms with van der Waals surface area (Å²) in [5, 5.41) is 17.5. The highest BCUT2D eigenvalue weighted by atomic mass is 127. The lowest BCUT2D eigenvalue weighted by Crippen LogP contribution is -2.43. The average Bonchev–Trinajstić information content (AvgIpc) is 2.27. The second kappa shape index (κ2) is 4.41. The molecule has 0 unspecified atom stereocenters. The van der Waals surface area contributed by atoms with Gasteiger partial charge in [0.1, 0.15) is 3.57 Å². The van der Waals surface area contributed by atoms with Crippen molar-refractivity contribution in [2.75, 3.05) is 13.1 Å². The van der Waals surface area contributed by atoms with Crippen molar-refractivity contribution in [1.29, 1.82) is 0 Å². The molecule has 6 nitrogen and oxygen atoms in total. The summed E-state index contributed by atoms with van der Waals surface area (Å²) in [5.74, 6) is -0.0486. The van der Waals surface area contributed by atoms with E-state index in [0.717, 1.165) is 13.1 Å². The van der Waals surface area contributed by atoms with Crippen LogP contribution in [0.1, 0.15) is 6.04 Å². The maximum atomic E-state index is 10.5. The zero-order valence-corrected chi connectivity index (χ0v) is 9.99. The zero-order chi connectivity index (χ0) is 9.42. The molecule has 1 saturated heterocycles. The molecule has 8 heteroatoms. The minimum Gasteiger partial charge on any atom is -0.358 e. The van der Waals surface area contributed by atoms with Gasteiger partial charge in [0.25, 0.3) is 0 Å². The normalized spacial score (nSPS) is 15.8. The Hall–Kier alpha value is -0.410. The van der Waals surface area contributed by atoms with E-state index in [2.05, 4.69) is 10.4 Å². The largest absolute Gasteiger partial charge is 0.403 e. The van der Waals surface area contributed by atoms with Crippen LogP contribution in [0, 0.1) is 13.7 Å². The van der Waals surface area contributed by atoms with Gasteiger partial charge in [-0.2, -0.15) is 4.68 Å². The zero-order valence-electron chi connectivity index (χ0n) is 7.01. The molecule has 0 bridgehead atoms. The van der Waals surface area contributed by atoms with E-state index in [1.807, 2.05) is 22.6 Å². The Labute approximate surface area is 99.7 Å². The van der Waals surface area contributed by atoms with Crippen molar-refractivity contribution in [3.63, 3.8) is 0 Å². The molecule has 0 spiro atoms. The second-order valence-corrected chi connectivity index (χ2v) is 4.01. The fraction of sp³-hybridized carbons (Fsp3) is 0.500. The molecule has 1 aromatic rings. The number of aromatic nitrogens is 2. The van der Waals surface area contributed by atoms with Crippen LogP contribution in [0.4, 0.5) is 5.82 Å². The molecule has 0 radical (unpaired) electrons. The fourth-order valence-corrected chi connectivity index (χ4v) is 1.72. The lowest BCUT2D eigenvalue weighted by Gasteiger charge is -2.24. The van der Waals surface area contributed by atoms with Crippen molar-refractivity contribution in [3.05, 3.63) is 19.9 Å². The molecule has 78 valence electrons. The van der Waals surface area contributed by atoms with E-state index in [1.54, 1.807) is 10.9 Å². The molecule has 1 aliphatic heterocycles. The van der Waals surface area contributed by atoms with Gasteiger partial charge in [-0.05, 0) is 27.5 Å². The van der Waals surface area contributed by atoms with E-state index < -0.39 is 4.92 Å².